The van der Waals surface area contributed by atoms with Crippen LogP contribution in [0.15, 0.2) is 54.1 Å². The molecule has 6 heteroatoms. The maximum atomic E-state index is 4.86. The molecule has 0 saturated heterocycles. The maximum absolute atomic E-state index is 4.86. The number of rotatable bonds is 7. The second-order valence-electron chi connectivity index (χ2n) is 7.94. The molecule has 3 aromatic heterocycles. The van der Waals surface area contributed by atoms with E-state index in [1.165, 1.54) is 17.5 Å². The van der Waals surface area contributed by atoms with Gasteiger partial charge in [-0.2, -0.15) is 0 Å². The topological polar surface area (TPSA) is 58.9 Å². The van der Waals surface area contributed by atoms with Crippen LogP contribution in [0, 0.1) is 19.8 Å². The van der Waals surface area contributed by atoms with Crippen molar-refractivity contribution in [1.82, 2.24) is 24.3 Å². The molecule has 0 aliphatic heterocycles. The van der Waals surface area contributed by atoms with Gasteiger partial charge in [-0.3, -0.25) is 4.40 Å². The Morgan fingerprint density at radius 2 is 1.90 bits per heavy atom. The molecule has 0 spiro atoms. The number of fused-ring (bicyclic) bond motifs is 1. The Morgan fingerprint density at radius 3 is 2.59 bits per heavy atom. The molecule has 1 aromatic carbocycles. The van der Waals surface area contributed by atoms with Crippen LogP contribution in [-0.4, -0.2) is 24.3 Å². The quantitative estimate of drug-likeness (QED) is 0.410. The lowest BCUT2D eigenvalue weighted by atomic mass is 10.0. The molecule has 0 amide bonds. The number of aromatic nitrogens is 5. The number of thioether (sulfide) groups is 1. The normalized spacial score (nSPS) is 12.7. The summed E-state index contributed by atoms with van der Waals surface area (Å²) in [7, 11) is 0. The van der Waals surface area contributed by atoms with Gasteiger partial charge >= 0.3 is 0 Å². The van der Waals surface area contributed by atoms with Crippen LogP contribution in [0.2, 0.25) is 0 Å². The monoisotopic (exact) mass is 405 g/mol. The first-order chi connectivity index (χ1) is 14.0. The number of H-pyrrole nitrogens is 1. The van der Waals surface area contributed by atoms with Crippen LogP contribution in [0.3, 0.4) is 0 Å². The molecule has 150 valence electrons. The predicted octanol–water partition coefficient (Wildman–Crippen LogP) is 5.54. The van der Waals surface area contributed by atoms with Gasteiger partial charge in [0.1, 0.15) is 0 Å². The number of nitrogens with one attached hydrogen (secondary N) is 1. The first kappa shape index (κ1) is 19.7. The second-order valence-corrected chi connectivity index (χ2v) is 9.03. The number of aromatic amines is 1. The van der Waals surface area contributed by atoms with Crippen LogP contribution < -0.4 is 0 Å². The Balaban J connectivity index is 1.69. The van der Waals surface area contributed by atoms with E-state index < -0.39 is 0 Å². The van der Waals surface area contributed by atoms with Gasteiger partial charge < -0.3 is 4.98 Å². The maximum Gasteiger partial charge on any atom is 0.234 e. The summed E-state index contributed by atoms with van der Waals surface area (Å²) >= 11 is 1.68. The summed E-state index contributed by atoms with van der Waals surface area (Å²) in [5.41, 5.74) is 5.71. The molecule has 0 aliphatic carbocycles. The Kier molecular flexibility index (Phi) is 5.72. The molecule has 1 unspecified atom stereocenters. The molecule has 29 heavy (non-hydrogen) atoms. The van der Waals surface area contributed by atoms with E-state index in [-0.39, 0.29) is 5.25 Å². The lowest BCUT2D eigenvalue weighted by Gasteiger charge is -2.14. The summed E-state index contributed by atoms with van der Waals surface area (Å²) in [5, 5.41) is 0.929. The predicted molar refractivity (Wildman–Crippen MR) is 118 cm³/mol. The average Bonchev–Trinajstić information content (AvgIpc) is 3.34. The average molecular weight is 406 g/mol. The second kappa shape index (κ2) is 8.41. The van der Waals surface area contributed by atoms with Crippen LogP contribution in [0.5, 0.6) is 0 Å². The van der Waals surface area contributed by atoms with Crippen molar-refractivity contribution in [2.24, 2.45) is 5.92 Å². The van der Waals surface area contributed by atoms with Gasteiger partial charge in [0.25, 0.3) is 0 Å². The molecule has 0 bridgehead atoms. The minimum atomic E-state index is 0.0432. The van der Waals surface area contributed by atoms with Crippen molar-refractivity contribution in [2.45, 2.75) is 50.9 Å². The van der Waals surface area contributed by atoms with E-state index in [4.69, 9.17) is 4.98 Å². The fourth-order valence-electron chi connectivity index (χ4n) is 3.46. The Hall–Kier alpha value is -2.60. The molecule has 0 aliphatic rings. The van der Waals surface area contributed by atoms with E-state index in [0.717, 1.165) is 34.4 Å². The molecular weight excluding hydrogens is 378 g/mol. The van der Waals surface area contributed by atoms with Crippen molar-refractivity contribution in [3.05, 3.63) is 77.1 Å². The lowest BCUT2D eigenvalue weighted by molar-refractivity contribution is 0.586. The van der Waals surface area contributed by atoms with Gasteiger partial charge in [-0.15, -0.1) is 0 Å². The molecule has 1 atom stereocenters. The van der Waals surface area contributed by atoms with E-state index in [1.807, 2.05) is 13.1 Å². The van der Waals surface area contributed by atoms with Crippen molar-refractivity contribution >= 4 is 17.5 Å². The summed E-state index contributed by atoms with van der Waals surface area (Å²) in [6.45, 7) is 8.63. The highest BCUT2D eigenvalue weighted by atomic mass is 32.2. The molecule has 0 radical (unpaired) electrons. The summed E-state index contributed by atoms with van der Waals surface area (Å²) in [6, 6.07) is 11.0. The Morgan fingerprint density at radius 1 is 1.10 bits per heavy atom. The van der Waals surface area contributed by atoms with Crippen LogP contribution in [0.4, 0.5) is 0 Å². The lowest BCUT2D eigenvalue weighted by Crippen LogP contribution is -1.99. The largest absolute Gasteiger partial charge is 0.340 e. The van der Waals surface area contributed by atoms with Gasteiger partial charge in [-0.25, -0.2) is 15.0 Å². The molecule has 3 heterocycles. The highest BCUT2D eigenvalue weighted by Crippen LogP contribution is 2.38. The first-order valence-electron chi connectivity index (χ1n) is 10.1. The van der Waals surface area contributed by atoms with Crippen LogP contribution in [0.25, 0.3) is 5.78 Å². The van der Waals surface area contributed by atoms with Crippen molar-refractivity contribution < 1.29 is 0 Å². The summed E-state index contributed by atoms with van der Waals surface area (Å²) < 4.78 is 2.06. The highest BCUT2D eigenvalue weighted by molar-refractivity contribution is 7.99. The van der Waals surface area contributed by atoms with E-state index in [1.54, 1.807) is 18.0 Å². The van der Waals surface area contributed by atoms with Crippen molar-refractivity contribution in [2.75, 3.05) is 0 Å². The van der Waals surface area contributed by atoms with Crippen molar-refractivity contribution in [3.8, 4) is 0 Å². The SMILES string of the molecule is Cc1cc(C)n2cc(C(Sc3ncc[nH]3)c3ccc(CCC(C)C)cc3)nc2n1. The fourth-order valence-corrected chi connectivity index (χ4v) is 4.46. The van der Waals surface area contributed by atoms with Crippen LogP contribution in [0.1, 0.15) is 53.7 Å². The van der Waals surface area contributed by atoms with E-state index >= 15 is 0 Å². The molecule has 1 N–H and O–H groups in total. The number of hydrogen-bond acceptors (Lipinski definition) is 4. The van der Waals surface area contributed by atoms with Gasteiger partial charge in [0, 0.05) is 30.0 Å². The molecule has 0 saturated carbocycles. The van der Waals surface area contributed by atoms with Gasteiger partial charge in [-0.05, 0) is 49.8 Å². The molecule has 0 fully saturated rings. The van der Waals surface area contributed by atoms with Crippen LogP contribution >= 0.6 is 11.8 Å². The van der Waals surface area contributed by atoms with Gasteiger partial charge in [0.2, 0.25) is 5.78 Å². The van der Waals surface area contributed by atoms with Crippen molar-refractivity contribution in [1.29, 1.82) is 0 Å². The summed E-state index contributed by atoms with van der Waals surface area (Å²) in [4.78, 5) is 17.1. The highest BCUT2D eigenvalue weighted by Gasteiger charge is 2.21. The zero-order valence-corrected chi connectivity index (χ0v) is 18.2. The Bertz CT molecular complexity index is 1080. The van der Waals surface area contributed by atoms with Crippen molar-refractivity contribution in [3.63, 3.8) is 0 Å². The number of benzene rings is 1. The zero-order valence-electron chi connectivity index (χ0n) is 17.4. The third-order valence-electron chi connectivity index (χ3n) is 5.04. The Labute approximate surface area is 176 Å². The third-order valence-corrected chi connectivity index (χ3v) is 6.24. The molecule has 4 aromatic rings. The smallest absolute Gasteiger partial charge is 0.234 e. The summed E-state index contributed by atoms with van der Waals surface area (Å²) in [6.07, 6.45) is 8.07. The number of aryl methyl sites for hydroxylation is 3. The molecule has 4 rings (SSSR count). The van der Waals surface area contributed by atoms with E-state index in [9.17, 15) is 0 Å². The van der Waals surface area contributed by atoms with Gasteiger partial charge in [0.05, 0.1) is 10.9 Å². The van der Waals surface area contributed by atoms with Gasteiger partial charge in [0.15, 0.2) is 5.16 Å². The number of nitrogens with zero attached hydrogens (tertiary/aromatic N) is 4. The van der Waals surface area contributed by atoms with Gasteiger partial charge in [-0.1, -0.05) is 49.9 Å². The minimum absolute atomic E-state index is 0.0432. The number of hydrogen-bond donors (Lipinski definition) is 1. The third kappa shape index (κ3) is 4.53. The zero-order chi connectivity index (χ0) is 20.4. The molecule has 5 nitrogen and oxygen atoms in total. The first-order valence-corrected chi connectivity index (χ1v) is 11.0. The summed E-state index contributed by atoms with van der Waals surface area (Å²) in [5.74, 6) is 1.46. The molecular formula is C23H27N5S. The standard InChI is InChI=1S/C23H27N5S/c1-15(2)5-6-18-7-9-19(10-8-18)21(29-23-24-11-12-25-23)20-14-28-17(4)13-16(3)26-22(28)27-20/h7-15,21H,5-6H2,1-4H3,(H,24,25). The minimum Gasteiger partial charge on any atom is -0.340 e. The van der Waals surface area contributed by atoms with Crippen LogP contribution in [-0.2, 0) is 6.42 Å². The number of imidazole rings is 2. The van der Waals surface area contributed by atoms with E-state index in [2.05, 4.69) is 76.7 Å². The fraction of sp³-hybridized carbons (Fsp3) is 0.348. The van der Waals surface area contributed by atoms with E-state index in [0.29, 0.717) is 5.92 Å².